The summed E-state index contributed by atoms with van der Waals surface area (Å²) in [5.74, 6) is 0.296. The Kier molecular flexibility index (Phi) is 2.34. The molecule has 2 unspecified atom stereocenters. The predicted molar refractivity (Wildman–Crippen MR) is 66.9 cm³/mol. The molecule has 2 heteroatoms. The second-order valence-electron chi connectivity index (χ2n) is 4.44. The Labute approximate surface area is 99.4 Å². The summed E-state index contributed by atoms with van der Waals surface area (Å²) in [4.78, 5) is 1.27. The van der Waals surface area contributed by atoms with Crippen LogP contribution in [0.25, 0.3) is 0 Å². The Balaban J connectivity index is 1.87. The molecule has 2 aromatic rings. The van der Waals surface area contributed by atoms with Crippen LogP contribution < -0.4 is 0 Å². The van der Waals surface area contributed by atoms with Crippen LogP contribution in [0.1, 0.15) is 33.6 Å². The lowest BCUT2D eigenvalue weighted by atomic mass is 9.73. The van der Waals surface area contributed by atoms with Gasteiger partial charge in [0.25, 0.3) is 0 Å². The fourth-order valence-corrected chi connectivity index (χ4v) is 3.16. The molecule has 1 aliphatic carbocycles. The monoisotopic (exact) mass is 230 g/mol. The maximum Gasteiger partial charge on any atom is 0.0869 e. The minimum absolute atomic E-state index is 0.296. The summed E-state index contributed by atoms with van der Waals surface area (Å²) in [6, 6.07) is 10.5. The van der Waals surface area contributed by atoms with Crippen LogP contribution >= 0.6 is 11.3 Å². The highest BCUT2D eigenvalue weighted by atomic mass is 32.1. The van der Waals surface area contributed by atoms with Gasteiger partial charge in [-0.05, 0) is 41.5 Å². The molecule has 2 atom stereocenters. The number of thiophene rings is 1. The lowest BCUT2D eigenvalue weighted by Crippen LogP contribution is -2.23. The van der Waals surface area contributed by atoms with Crippen LogP contribution in [0.15, 0.2) is 35.7 Å². The highest BCUT2D eigenvalue weighted by molar-refractivity contribution is 7.10. The van der Waals surface area contributed by atoms with E-state index in [1.54, 1.807) is 11.3 Å². The minimum atomic E-state index is -0.333. The number of benzene rings is 1. The molecule has 0 aliphatic heterocycles. The molecule has 0 fully saturated rings. The summed E-state index contributed by atoms with van der Waals surface area (Å²) in [7, 11) is 0. The average molecular weight is 230 g/mol. The molecule has 0 saturated heterocycles. The van der Waals surface area contributed by atoms with Crippen molar-refractivity contribution >= 4 is 11.3 Å². The quantitative estimate of drug-likeness (QED) is 0.838. The van der Waals surface area contributed by atoms with Crippen molar-refractivity contribution in [3.63, 3.8) is 0 Å². The van der Waals surface area contributed by atoms with Crippen molar-refractivity contribution in [1.82, 2.24) is 0 Å². The molecule has 1 nitrogen and oxygen atoms in total. The molecule has 3 rings (SSSR count). The first-order chi connectivity index (χ1) is 7.75. The van der Waals surface area contributed by atoms with Crippen LogP contribution in [0.2, 0.25) is 0 Å². The van der Waals surface area contributed by atoms with Crippen molar-refractivity contribution in [2.75, 3.05) is 0 Å². The van der Waals surface area contributed by atoms with Gasteiger partial charge in [-0.2, -0.15) is 0 Å². The lowest BCUT2D eigenvalue weighted by molar-refractivity contribution is 0.135. The molecule has 0 bridgehead atoms. The molecule has 0 saturated carbocycles. The summed E-state index contributed by atoms with van der Waals surface area (Å²) in [6.07, 6.45) is 0.673. The number of fused-ring (bicyclic) bond motifs is 1. The highest BCUT2D eigenvalue weighted by Gasteiger charge is 2.32. The molecule has 0 spiro atoms. The number of aliphatic hydroxyl groups excluding tert-OH is 1. The number of aryl methyl sites for hydroxylation is 1. The predicted octanol–water partition coefficient (Wildman–Crippen LogP) is 3.43. The maximum atomic E-state index is 10.3. The minimum Gasteiger partial charge on any atom is -0.388 e. The van der Waals surface area contributed by atoms with Crippen LogP contribution in [-0.2, 0) is 6.42 Å². The van der Waals surface area contributed by atoms with E-state index in [4.69, 9.17) is 0 Å². The molecule has 16 heavy (non-hydrogen) atoms. The van der Waals surface area contributed by atoms with E-state index >= 15 is 0 Å². The number of aliphatic hydroxyl groups is 1. The topological polar surface area (TPSA) is 20.2 Å². The first kappa shape index (κ1) is 10.1. The summed E-state index contributed by atoms with van der Waals surface area (Å²) in [5, 5.41) is 12.4. The van der Waals surface area contributed by atoms with E-state index in [1.165, 1.54) is 16.0 Å². The van der Waals surface area contributed by atoms with Gasteiger partial charge < -0.3 is 5.11 Å². The second-order valence-corrected chi connectivity index (χ2v) is 5.56. The Morgan fingerprint density at radius 3 is 2.88 bits per heavy atom. The molecular formula is C14H14OS. The normalized spacial score (nSPS) is 20.0. The SMILES string of the molecule is Cc1cc(C(O)C2Cc3ccccc32)cs1. The molecule has 1 aromatic carbocycles. The Bertz CT molecular complexity index is 515. The van der Waals surface area contributed by atoms with Gasteiger partial charge >= 0.3 is 0 Å². The van der Waals surface area contributed by atoms with Gasteiger partial charge in [0.05, 0.1) is 6.10 Å². The maximum absolute atomic E-state index is 10.3. The van der Waals surface area contributed by atoms with Crippen molar-refractivity contribution in [3.05, 3.63) is 57.3 Å². The smallest absolute Gasteiger partial charge is 0.0869 e. The van der Waals surface area contributed by atoms with Crippen molar-refractivity contribution in [2.45, 2.75) is 25.4 Å². The Morgan fingerprint density at radius 1 is 1.38 bits per heavy atom. The van der Waals surface area contributed by atoms with Gasteiger partial charge in [-0.15, -0.1) is 11.3 Å². The van der Waals surface area contributed by atoms with E-state index < -0.39 is 0 Å². The third kappa shape index (κ3) is 1.49. The number of hydrogen-bond donors (Lipinski definition) is 1. The number of hydrogen-bond acceptors (Lipinski definition) is 2. The van der Waals surface area contributed by atoms with Gasteiger partial charge in [-0.3, -0.25) is 0 Å². The van der Waals surface area contributed by atoms with Crippen molar-refractivity contribution in [1.29, 1.82) is 0 Å². The summed E-state index contributed by atoms with van der Waals surface area (Å²) >= 11 is 1.71. The van der Waals surface area contributed by atoms with E-state index in [0.717, 1.165) is 12.0 Å². The Morgan fingerprint density at radius 2 is 2.19 bits per heavy atom. The first-order valence-corrected chi connectivity index (χ1v) is 6.44. The first-order valence-electron chi connectivity index (χ1n) is 5.56. The fourth-order valence-electron chi connectivity index (χ4n) is 2.43. The van der Waals surface area contributed by atoms with E-state index in [9.17, 15) is 5.11 Å². The van der Waals surface area contributed by atoms with Crippen molar-refractivity contribution in [2.24, 2.45) is 0 Å². The molecule has 1 heterocycles. The molecule has 1 N–H and O–H groups in total. The Hall–Kier alpha value is -1.12. The zero-order valence-electron chi connectivity index (χ0n) is 9.18. The third-order valence-electron chi connectivity index (χ3n) is 3.37. The van der Waals surface area contributed by atoms with E-state index in [2.05, 4.69) is 42.6 Å². The van der Waals surface area contributed by atoms with Crippen molar-refractivity contribution in [3.8, 4) is 0 Å². The van der Waals surface area contributed by atoms with E-state index in [1.807, 2.05) is 0 Å². The van der Waals surface area contributed by atoms with Gasteiger partial charge in [0.15, 0.2) is 0 Å². The standard InChI is InChI=1S/C14H14OS/c1-9-6-11(8-16-9)14(15)13-7-10-4-2-3-5-12(10)13/h2-6,8,13-15H,7H2,1H3. The van der Waals surface area contributed by atoms with Crippen LogP contribution in [0.5, 0.6) is 0 Å². The van der Waals surface area contributed by atoms with Gasteiger partial charge in [0.2, 0.25) is 0 Å². The molecule has 1 aliphatic rings. The summed E-state index contributed by atoms with van der Waals surface area (Å²) in [6.45, 7) is 2.08. The van der Waals surface area contributed by atoms with E-state index in [-0.39, 0.29) is 6.10 Å². The zero-order valence-corrected chi connectivity index (χ0v) is 10.00. The zero-order chi connectivity index (χ0) is 11.1. The summed E-state index contributed by atoms with van der Waals surface area (Å²) in [5.41, 5.74) is 3.78. The van der Waals surface area contributed by atoms with Crippen LogP contribution in [0.4, 0.5) is 0 Å². The summed E-state index contributed by atoms with van der Waals surface area (Å²) < 4.78 is 0. The molecule has 0 amide bonds. The lowest BCUT2D eigenvalue weighted by Gasteiger charge is -2.33. The van der Waals surface area contributed by atoms with Crippen LogP contribution in [0.3, 0.4) is 0 Å². The number of rotatable bonds is 2. The van der Waals surface area contributed by atoms with Crippen LogP contribution in [-0.4, -0.2) is 5.11 Å². The van der Waals surface area contributed by atoms with E-state index in [0.29, 0.717) is 5.92 Å². The van der Waals surface area contributed by atoms with Crippen molar-refractivity contribution < 1.29 is 5.11 Å². The average Bonchev–Trinajstić information content (AvgIpc) is 2.67. The fraction of sp³-hybridized carbons (Fsp3) is 0.286. The second kappa shape index (κ2) is 3.72. The van der Waals surface area contributed by atoms with Gasteiger partial charge in [-0.1, -0.05) is 24.3 Å². The largest absolute Gasteiger partial charge is 0.388 e. The van der Waals surface area contributed by atoms with Gasteiger partial charge in [0, 0.05) is 10.8 Å². The molecule has 82 valence electrons. The highest BCUT2D eigenvalue weighted by Crippen LogP contribution is 2.43. The van der Waals surface area contributed by atoms with Crippen LogP contribution in [0, 0.1) is 6.92 Å². The molecule has 1 aromatic heterocycles. The third-order valence-corrected chi connectivity index (χ3v) is 4.25. The van der Waals surface area contributed by atoms with Gasteiger partial charge in [0.1, 0.15) is 0 Å². The molecular weight excluding hydrogens is 216 g/mol. The molecule has 0 radical (unpaired) electrons. The van der Waals surface area contributed by atoms with Gasteiger partial charge in [-0.25, -0.2) is 0 Å².